The van der Waals surface area contributed by atoms with Gasteiger partial charge in [-0.05, 0) is 30.0 Å². The molecule has 2 aromatic rings. The van der Waals surface area contributed by atoms with Gasteiger partial charge in [0.2, 0.25) is 5.82 Å². The summed E-state index contributed by atoms with van der Waals surface area (Å²) in [7, 11) is 0. The number of anilines is 1. The van der Waals surface area contributed by atoms with E-state index in [1.807, 2.05) is 18.4 Å². The van der Waals surface area contributed by atoms with Crippen molar-refractivity contribution < 1.29 is 9.31 Å². The highest BCUT2D eigenvalue weighted by Crippen LogP contribution is 2.28. The SMILES string of the molecule is CC(Nc1ccc([N+](=O)[O-])c(F)c1)c1csc(Cl)c1. The summed E-state index contributed by atoms with van der Waals surface area (Å²) in [6.45, 7) is 1.90. The van der Waals surface area contributed by atoms with E-state index < -0.39 is 16.4 Å². The molecule has 19 heavy (non-hydrogen) atoms. The topological polar surface area (TPSA) is 55.2 Å². The van der Waals surface area contributed by atoms with Crippen LogP contribution in [-0.2, 0) is 0 Å². The van der Waals surface area contributed by atoms with Gasteiger partial charge in [0.05, 0.1) is 9.26 Å². The molecule has 1 N–H and O–H groups in total. The third-order valence-corrected chi connectivity index (χ3v) is 3.72. The van der Waals surface area contributed by atoms with Crippen molar-refractivity contribution in [2.45, 2.75) is 13.0 Å². The number of nitro groups is 1. The average Bonchev–Trinajstić information content (AvgIpc) is 2.75. The quantitative estimate of drug-likeness (QED) is 0.662. The fraction of sp³-hybridized carbons (Fsp3) is 0.167. The van der Waals surface area contributed by atoms with Gasteiger partial charge in [0, 0.05) is 23.9 Å². The zero-order valence-electron chi connectivity index (χ0n) is 9.89. The van der Waals surface area contributed by atoms with Gasteiger partial charge < -0.3 is 5.32 Å². The van der Waals surface area contributed by atoms with Gasteiger partial charge in [-0.2, -0.15) is 4.39 Å². The molecule has 1 atom stereocenters. The van der Waals surface area contributed by atoms with E-state index in [1.54, 1.807) is 0 Å². The van der Waals surface area contributed by atoms with Gasteiger partial charge in [0.25, 0.3) is 0 Å². The summed E-state index contributed by atoms with van der Waals surface area (Å²) < 4.78 is 14.1. The molecular formula is C12H10ClFN2O2S. The lowest BCUT2D eigenvalue weighted by atomic mass is 10.1. The molecule has 7 heteroatoms. The van der Waals surface area contributed by atoms with Crippen LogP contribution in [0, 0.1) is 15.9 Å². The Balaban J connectivity index is 2.15. The number of hydrogen-bond donors (Lipinski definition) is 1. The molecule has 4 nitrogen and oxygen atoms in total. The molecule has 0 radical (unpaired) electrons. The van der Waals surface area contributed by atoms with Crippen molar-refractivity contribution >= 4 is 34.3 Å². The standard InChI is InChI=1S/C12H10ClFN2O2S/c1-7(8-4-12(13)19-6-8)15-9-2-3-11(16(17)18)10(14)5-9/h2-7,15H,1H3. The van der Waals surface area contributed by atoms with E-state index in [1.165, 1.54) is 17.4 Å². The second-order valence-corrected chi connectivity index (χ2v) is 5.52. The van der Waals surface area contributed by atoms with Crippen LogP contribution in [0.15, 0.2) is 29.6 Å². The van der Waals surface area contributed by atoms with Crippen LogP contribution >= 0.6 is 22.9 Å². The minimum Gasteiger partial charge on any atom is -0.378 e. The molecule has 100 valence electrons. The van der Waals surface area contributed by atoms with E-state index in [0.29, 0.717) is 10.0 Å². The van der Waals surface area contributed by atoms with Crippen molar-refractivity contribution in [3.8, 4) is 0 Å². The third kappa shape index (κ3) is 3.21. The van der Waals surface area contributed by atoms with E-state index in [2.05, 4.69) is 5.32 Å². The minimum atomic E-state index is -0.856. The Kier molecular flexibility index (Phi) is 4.01. The lowest BCUT2D eigenvalue weighted by molar-refractivity contribution is -0.387. The lowest BCUT2D eigenvalue weighted by Crippen LogP contribution is -2.06. The fourth-order valence-electron chi connectivity index (χ4n) is 1.63. The number of benzene rings is 1. The number of halogens is 2. The zero-order chi connectivity index (χ0) is 14.0. The lowest BCUT2D eigenvalue weighted by Gasteiger charge is -2.13. The first kappa shape index (κ1) is 13.8. The maximum Gasteiger partial charge on any atom is 0.304 e. The molecule has 0 bridgehead atoms. The maximum absolute atomic E-state index is 13.5. The van der Waals surface area contributed by atoms with Crippen molar-refractivity contribution in [3.05, 3.63) is 55.5 Å². The Morgan fingerprint density at radius 2 is 2.21 bits per heavy atom. The van der Waals surface area contributed by atoms with Crippen LogP contribution in [0.2, 0.25) is 4.34 Å². The molecule has 0 spiro atoms. The monoisotopic (exact) mass is 300 g/mol. The molecule has 0 fully saturated rings. The Morgan fingerprint density at radius 3 is 2.74 bits per heavy atom. The number of nitrogens with zero attached hydrogens (tertiary/aromatic N) is 1. The molecule has 1 aromatic heterocycles. The summed E-state index contributed by atoms with van der Waals surface area (Å²) in [5.74, 6) is -0.856. The summed E-state index contributed by atoms with van der Waals surface area (Å²) >= 11 is 7.26. The maximum atomic E-state index is 13.5. The first-order chi connectivity index (χ1) is 8.97. The van der Waals surface area contributed by atoms with Gasteiger partial charge in [0.15, 0.2) is 0 Å². The van der Waals surface area contributed by atoms with Crippen LogP contribution in [0.25, 0.3) is 0 Å². The van der Waals surface area contributed by atoms with Crippen LogP contribution in [0.1, 0.15) is 18.5 Å². The fourth-order valence-corrected chi connectivity index (χ4v) is 2.61. The van der Waals surface area contributed by atoms with Crippen LogP contribution in [0.3, 0.4) is 0 Å². The first-order valence-electron chi connectivity index (χ1n) is 5.42. The Morgan fingerprint density at radius 1 is 1.47 bits per heavy atom. The molecule has 0 aliphatic carbocycles. The van der Waals surface area contributed by atoms with Crippen molar-refractivity contribution in [1.29, 1.82) is 0 Å². The zero-order valence-corrected chi connectivity index (χ0v) is 11.5. The summed E-state index contributed by atoms with van der Waals surface area (Å²) in [5, 5.41) is 15.5. The largest absolute Gasteiger partial charge is 0.378 e. The average molecular weight is 301 g/mol. The van der Waals surface area contributed by atoms with Gasteiger partial charge in [-0.1, -0.05) is 11.6 Å². The second-order valence-electron chi connectivity index (χ2n) is 3.97. The minimum absolute atomic E-state index is 0.0652. The Labute approximate surface area is 118 Å². The Hall–Kier alpha value is -1.66. The van der Waals surface area contributed by atoms with Crippen LogP contribution in [0.5, 0.6) is 0 Å². The number of nitrogens with one attached hydrogen (secondary N) is 1. The van der Waals surface area contributed by atoms with Crippen molar-refractivity contribution in [3.63, 3.8) is 0 Å². The molecule has 1 unspecified atom stereocenters. The number of rotatable bonds is 4. The summed E-state index contributed by atoms with van der Waals surface area (Å²) in [5.41, 5.74) is 0.934. The normalized spacial score (nSPS) is 12.2. The molecule has 1 aromatic carbocycles. The van der Waals surface area contributed by atoms with Crippen LogP contribution in [-0.4, -0.2) is 4.92 Å². The van der Waals surface area contributed by atoms with E-state index in [0.717, 1.165) is 17.7 Å². The van der Waals surface area contributed by atoms with Gasteiger partial charge in [0.1, 0.15) is 0 Å². The molecule has 0 saturated heterocycles. The second kappa shape index (κ2) is 5.54. The van der Waals surface area contributed by atoms with Gasteiger partial charge in [-0.25, -0.2) is 0 Å². The van der Waals surface area contributed by atoms with E-state index in [4.69, 9.17) is 11.6 Å². The van der Waals surface area contributed by atoms with Crippen molar-refractivity contribution in [1.82, 2.24) is 0 Å². The molecule has 0 aliphatic rings. The highest BCUT2D eigenvalue weighted by molar-refractivity contribution is 7.14. The van der Waals surface area contributed by atoms with Crippen molar-refractivity contribution in [2.75, 3.05) is 5.32 Å². The predicted octanol–water partition coefficient (Wildman–Crippen LogP) is 4.62. The molecule has 0 aliphatic heterocycles. The smallest absolute Gasteiger partial charge is 0.304 e. The third-order valence-electron chi connectivity index (χ3n) is 2.62. The summed E-state index contributed by atoms with van der Waals surface area (Å²) in [6, 6.07) is 5.50. The van der Waals surface area contributed by atoms with E-state index in [-0.39, 0.29) is 6.04 Å². The number of thiophene rings is 1. The number of hydrogen-bond acceptors (Lipinski definition) is 4. The summed E-state index contributed by atoms with van der Waals surface area (Å²) in [6.07, 6.45) is 0. The van der Waals surface area contributed by atoms with Crippen LogP contribution < -0.4 is 5.32 Å². The van der Waals surface area contributed by atoms with Crippen molar-refractivity contribution in [2.24, 2.45) is 0 Å². The Bertz CT molecular complexity index is 618. The van der Waals surface area contributed by atoms with Gasteiger partial charge in [-0.15, -0.1) is 11.3 Å². The van der Waals surface area contributed by atoms with Gasteiger partial charge >= 0.3 is 5.69 Å². The summed E-state index contributed by atoms with van der Waals surface area (Å²) in [4.78, 5) is 9.76. The highest BCUT2D eigenvalue weighted by Gasteiger charge is 2.15. The highest BCUT2D eigenvalue weighted by atomic mass is 35.5. The molecule has 1 heterocycles. The van der Waals surface area contributed by atoms with E-state index in [9.17, 15) is 14.5 Å². The molecular weight excluding hydrogens is 291 g/mol. The first-order valence-corrected chi connectivity index (χ1v) is 6.67. The molecule has 0 saturated carbocycles. The molecule has 2 rings (SSSR count). The van der Waals surface area contributed by atoms with E-state index >= 15 is 0 Å². The van der Waals surface area contributed by atoms with Crippen LogP contribution in [0.4, 0.5) is 15.8 Å². The number of nitro benzene ring substituents is 1. The van der Waals surface area contributed by atoms with Gasteiger partial charge in [-0.3, -0.25) is 10.1 Å². The predicted molar refractivity (Wildman–Crippen MR) is 74.4 cm³/mol. The molecule has 0 amide bonds.